The highest BCUT2D eigenvalue weighted by molar-refractivity contribution is 4.88. The lowest BCUT2D eigenvalue weighted by molar-refractivity contribution is 0.609. The lowest BCUT2D eigenvalue weighted by atomic mass is 10.1. The first-order chi connectivity index (χ1) is 4.85. The fourth-order valence-electron chi connectivity index (χ4n) is 0.835. The predicted octanol–water partition coefficient (Wildman–Crippen LogP) is 0.876. The zero-order valence-electron chi connectivity index (χ0n) is 6.72. The molecule has 0 aromatic rings. The maximum Gasteiger partial charge on any atom is -0.00137 e. The third kappa shape index (κ3) is 4.53. The van der Waals surface area contributed by atoms with Gasteiger partial charge in [-0.25, -0.2) is 0 Å². The summed E-state index contributed by atoms with van der Waals surface area (Å²) in [4.78, 5) is 0. The van der Waals surface area contributed by atoms with E-state index < -0.39 is 0 Å². The van der Waals surface area contributed by atoms with Crippen LogP contribution in [0.25, 0.3) is 0 Å². The van der Waals surface area contributed by atoms with Gasteiger partial charge in [-0.1, -0.05) is 19.1 Å². The molecule has 0 spiro atoms. The minimum Gasteiger partial charge on any atom is -0.330 e. The van der Waals surface area contributed by atoms with Crippen LogP contribution < -0.4 is 11.5 Å². The Bertz CT molecular complexity index is 89.3. The van der Waals surface area contributed by atoms with Gasteiger partial charge in [0.2, 0.25) is 0 Å². The van der Waals surface area contributed by atoms with Crippen LogP contribution in [0.4, 0.5) is 0 Å². The standard InChI is InChI=1S/C8H18N2/c1-2-3-4-8(7-10)5-6-9/h3-4,8H,2,5-7,9-10H2,1H3/b4-3-. The lowest BCUT2D eigenvalue weighted by Gasteiger charge is -2.06. The topological polar surface area (TPSA) is 52.0 Å². The van der Waals surface area contributed by atoms with Crippen molar-refractivity contribution in [1.29, 1.82) is 0 Å². The van der Waals surface area contributed by atoms with Crippen molar-refractivity contribution in [1.82, 2.24) is 0 Å². The molecule has 0 aliphatic carbocycles. The fourth-order valence-corrected chi connectivity index (χ4v) is 0.835. The summed E-state index contributed by atoms with van der Waals surface area (Å²) in [6.45, 7) is 3.57. The van der Waals surface area contributed by atoms with Gasteiger partial charge in [-0.15, -0.1) is 0 Å². The molecule has 10 heavy (non-hydrogen) atoms. The molecule has 1 unspecified atom stereocenters. The second kappa shape index (κ2) is 6.78. The zero-order chi connectivity index (χ0) is 7.82. The molecule has 0 radical (unpaired) electrons. The number of nitrogens with two attached hydrogens (primary N) is 2. The van der Waals surface area contributed by atoms with Crippen molar-refractivity contribution >= 4 is 0 Å². The van der Waals surface area contributed by atoms with Gasteiger partial charge in [0.1, 0.15) is 0 Å². The van der Waals surface area contributed by atoms with Crippen molar-refractivity contribution in [2.75, 3.05) is 13.1 Å². The Morgan fingerprint density at radius 3 is 2.50 bits per heavy atom. The Labute approximate surface area is 63.3 Å². The maximum absolute atomic E-state index is 5.49. The van der Waals surface area contributed by atoms with E-state index in [2.05, 4.69) is 19.1 Å². The molecule has 1 atom stereocenters. The maximum atomic E-state index is 5.49. The van der Waals surface area contributed by atoms with E-state index in [1.807, 2.05) is 0 Å². The smallest absolute Gasteiger partial charge is 0.00137 e. The summed E-state index contributed by atoms with van der Waals surface area (Å²) in [5.74, 6) is 0.491. The van der Waals surface area contributed by atoms with E-state index in [0.717, 1.165) is 19.4 Å². The first-order valence-corrected chi connectivity index (χ1v) is 3.92. The summed E-state index contributed by atoms with van der Waals surface area (Å²) in [5.41, 5.74) is 10.9. The van der Waals surface area contributed by atoms with E-state index in [-0.39, 0.29) is 0 Å². The van der Waals surface area contributed by atoms with Gasteiger partial charge < -0.3 is 11.5 Å². The second-order valence-corrected chi connectivity index (χ2v) is 2.41. The first-order valence-electron chi connectivity index (χ1n) is 3.92. The summed E-state index contributed by atoms with van der Waals surface area (Å²) >= 11 is 0. The normalized spacial score (nSPS) is 14.3. The van der Waals surface area contributed by atoms with Crippen LogP contribution >= 0.6 is 0 Å². The molecular weight excluding hydrogens is 124 g/mol. The first kappa shape index (κ1) is 9.66. The molecule has 0 aliphatic rings. The van der Waals surface area contributed by atoms with Crippen LogP contribution in [-0.4, -0.2) is 13.1 Å². The molecule has 2 heteroatoms. The van der Waals surface area contributed by atoms with Gasteiger partial charge in [-0.3, -0.25) is 0 Å². The largest absolute Gasteiger partial charge is 0.330 e. The SMILES string of the molecule is CC/C=C\C(CN)CCN. The van der Waals surface area contributed by atoms with Crippen LogP contribution in [0.15, 0.2) is 12.2 Å². The van der Waals surface area contributed by atoms with Crippen LogP contribution in [0, 0.1) is 5.92 Å². The predicted molar refractivity (Wildman–Crippen MR) is 45.6 cm³/mol. The van der Waals surface area contributed by atoms with Crippen molar-refractivity contribution in [3.05, 3.63) is 12.2 Å². The van der Waals surface area contributed by atoms with E-state index in [9.17, 15) is 0 Å². The van der Waals surface area contributed by atoms with Crippen LogP contribution in [0.5, 0.6) is 0 Å². The average molecular weight is 142 g/mol. The molecule has 0 aliphatic heterocycles. The number of rotatable bonds is 5. The van der Waals surface area contributed by atoms with Gasteiger partial charge in [0.05, 0.1) is 0 Å². The number of allylic oxidation sites excluding steroid dienone is 1. The molecule has 0 amide bonds. The molecule has 0 saturated heterocycles. The van der Waals surface area contributed by atoms with Crippen molar-refractivity contribution in [2.45, 2.75) is 19.8 Å². The van der Waals surface area contributed by atoms with Gasteiger partial charge >= 0.3 is 0 Å². The average Bonchev–Trinajstić information content (AvgIpc) is 1.98. The van der Waals surface area contributed by atoms with Gasteiger partial charge in [0.15, 0.2) is 0 Å². The van der Waals surface area contributed by atoms with Crippen molar-refractivity contribution < 1.29 is 0 Å². The molecule has 0 heterocycles. The summed E-state index contributed by atoms with van der Waals surface area (Å²) in [5, 5.41) is 0. The summed E-state index contributed by atoms with van der Waals surface area (Å²) in [7, 11) is 0. The second-order valence-electron chi connectivity index (χ2n) is 2.41. The van der Waals surface area contributed by atoms with Gasteiger partial charge in [0.25, 0.3) is 0 Å². The molecule has 0 aromatic carbocycles. The highest BCUT2D eigenvalue weighted by atomic mass is 14.6. The Morgan fingerprint density at radius 2 is 2.10 bits per heavy atom. The summed E-state index contributed by atoms with van der Waals surface area (Å²) < 4.78 is 0. The summed E-state index contributed by atoms with van der Waals surface area (Å²) in [6, 6.07) is 0. The molecule has 0 rings (SSSR count). The number of hydrogen-bond acceptors (Lipinski definition) is 2. The third-order valence-corrected chi connectivity index (χ3v) is 1.48. The van der Waals surface area contributed by atoms with Crippen LogP contribution in [0.2, 0.25) is 0 Å². The lowest BCUT2D eigenvalue weighted by Crippen LogP contribution is -2.16. The molecule has 0 aromatic heterocycles. The zero-order valence-corrected chi connectivity index (χ0v) is 6.72. The van der Waals surface area contributed by atoms with E-state index >= 15 is 0 Å². The third-order valence-electron chi connectivity index (χ3n) is 1.48. The van der Waals surface area contributed by atoms with Crippen LogP contribution in [-0.2, 0) is 0 Å². The van der Waals surface area contributed by atoms with Crippen molar-refractivity contribution in [2.24, 2.45) is 17.4 Å². The van der Waals surface area contributed by atoms with E-state index in [4.69, 9.17) is 11.5 Å². The minimum atomic E-state index is 0.491. The van der Waals surface area contributed by atoms with Gasteiger partial charge in [0, 0.05) is 0 Å². The van der Waals surface area contributed by atoms with Crippen molar-refractivity contribution in [3.8, 4) is 0 Å². The Morgan fingerprint density at radius 1 is 1.40 bits per heavy atom. The highest BCUT2D eigenvalue weighted by Gasteiger charge is 1.97. The molecule has 60 valence electrons. The molecule has 0 fully saturated rings. The molecule has 0 bridgehead atoms. The minimum absolute atomic E-state index is 0.491. The molecule has 2 nitrogen and oxygen atoms in total. The van der Waals surface area contributed by atoms with E-state index in [1.165, 1.54) is 0 Å². The van der Waals surface area contributed by atoms with E-state index in [0.29, 0.717) is 12.5 Å². The van der Waals surface area contributed by atoms with Crippen LogP contribution in [0.3, 0.4) is 0 Å². The molecular formula is C8H18N2. The van der Waals surface area contributed by atoms with Gasteiger partial charge in [-0.2, -0.15) is 0 Å². The Hall–Kier alpha value is -0.340. The van der Waals surface area contributed by atoms with Crippen LogP contribution in [0.1, 0.15) is 19.8 Å². The molecule has 4 N–H and O–H groups in total. The Balaban J connectivity index is 3.48. The molecule has 0 saturated carbocycles. The van der Waals surface area contributed by atoms with Crippen molar-refractivity contribution in [3.63, 3.8) is 0 Å². The Kier molecular flexibility index (Phi) is 6.55. The monoisotopic (exact) mass is 142 g/mol. The quantitative estimate of drug-likeness (QED) is 0.560. The van der Waals surface area contributed by atoms with Gasteiger partial charge in [-0.05, 0) is 31.8 Å². The highest BCUT2D eigenvalue weighted by Crippen LogP contribution is 2.01. The number of hydrogen-bond donors (Lipinski definition) is 2. The fraction of sp³-hybridized carbons (Fsp3) is 0.750. The summed E-state index contributed by atoms with van der Waals surface area (Å²) in [6.07, 6.45) is 6.40. The van der Waals surface area contributed by atoms with E-state index in [1.54, 1.807) is 0 Å².